The fourth-order valence-corrected chi connectivity index (χ4v) is 0.558. The highest BCUT2D eigenvalue weighted by atomic mass is 15.4. The van der Waals surface area contributed by atoms with Crippen molar-refractivity contribution < 1.29 is 0 Å². The summed E-state index contributed by atoms with van der Waals surface area (Å²) in [6.45, 7) is 0. The Kier molecular flexibility index (Phi) is 0.970. The van der Waals surface area contributed by atoms with Crippen LogP contribution in [0, 0.1) is 6.20 Å². The summed E-state index contributed by atoms with van der Waals surface area (Å²) >= 11 is 0. The minimum atomic E-state index is 0.477. The lowest BCUT2D eigenvalue weighted by atomic mass is 10.5. The van der Waals surface area contributed by atoms with Crippen LogP contribution < -0.4 is 0 Å². The molecule has 10 heavy (non-hydrogen) atoms. The highest BCUT2D eigenvalue weighted by Crippen LogP contribution is 1.96. The second-order valence-electron chi connectivity index (χ2n) is 1.57. The maximum Gasteiger partial charge on any atom is 0.147 e. The van der Waals surface area contributed by atoms with Crippen LogP contribution in [0.25, 0.3) is 11.0 Å². The molecule has 2 aromatic heterocycles. The zero-order valence-corrected chi connectivity index (χ0v) is 4.76. The topological polar surface area (TPSA) is 77.3 Å². The average molecular weight is 133 g/mol. The highest BCUT2D eigenvalue weighted by molar-refractivity contribution is 5.68. The van der Waals surface area contributed by atoms with E-state index in [0.29, 0.717) is 11.0 Å². The summed E-state index contributed by atoms with van der Waals surface area (Å²) in [6, 6.07) is 0. The van der Waals surface area contributed by atoms with Gasteiger partial charge >= 0.3 is 0 Å². The fraction of sp³-hybridized carbons (Fsp3) is 0. The maximum atomic E-state index is 3.62. The van der Waals surface area contributed by atoms with Crippen molar-refractivity contribution in [3.8, 4) is 0 Å². The minimum absolute atomic E-state index is 0.477. The molecule has 0 saturated carbocycles. The lowest BCUT2D eigenvalue weighted by Crippen LogP contribution is -1.93. The molecule has 0 N–H and O–H groups in total. The molecule has 0 fully saturated rings. The molecule has 6 nitrogen and oxygen atoms in total. The number of nitrogens with zero attached hydrogens (tertiary/aromatic N) is 6. The summed E-state index contributed by atoms with van der Waals surface area (Å²) in [7, 11) is 0. The summed E-state index contributed by atoms with van der Waals surface area (Å²) in [5.41, 5.74) is 1.02. The summed E-state index contributed by atoms with van der Waals surface area (Å²) in [6.07, 6.45) is 3.97. The van der Waals surface area contributed by atoms with Gasteiger partial charge in [0.1, 0.15) is 17.2 Å². The average Bonchev–Trinajstić information content (AvgIpc) is 2.05. The minimum Gasteiger partial charge on any atom is -0.156 e. The van der Waals surface area contributed by atoms with Crippen molar-refractivity contribution in [2.45, 2.75) is 0 Å². The van der Waals surface area contributed by atoms with Crippen LogP contribution >= 0.6 is 0 Å². The summed E-state index contributed by atoms with van der Waals surface area (Å²) in [4.78, 5) is 0. The van der Waals surface area contributed by atoms with E-state index in [4.69, 9.17) is 0 Å². The molecule has 0 bridgehead atoms. The number of aromatic nitrogens is 6. The number of hydrogen-bond acceptors (Lipinski definition) is 6. The largest absolute Gasteiger partial charge is 0.156 e. The summed E-state index contributed by atoms with van der Waals surface area (Å²) in [5.74, 6) is 0. The Bertz CT molecular complexity index is 281. The molecule has 0 saturated heterocycles. The van der Waals surface area contributed by atoms with Crippen molar-refractivity contribution >= 4 is 11.0 Å². The van der Waals surface area contributed by atoms with Gasteiger partial charge in [0, 0.05) is 0 Å². The molecule has 0 amide bonds. The Balaban J connectivity index is 2.89. The van der Waals surface area contributed by atoms with E-state index in [0.717, 1.165) is 0 Å². The van der Waals surface area contributed by atoms with Crippen LogP contribution in [0.3, 0.4) is 0 Å². The van der Waals surface area contributed by atoms with Crippen molar-refractivity contribution in [3.63, 3.8) is 0 Å². The molecule has 0 aromatic carbocycles. The van der Waals surface area contributed by atoms with Gasteiger partial charge in [-0.3, -0.25) is 0 Å². The quantitative estimate of drug-likeness (QED) is 0.459. The number of rotatable bonds is 0. The normalized spacial score (nSPS) is 10.0. The van der Waals surface area contributed by atoms with Gasteiger partial charge in [-0.1, -0.05) is 0 Å². The van der Waals surface area contributed by atoms with Gasteiger partial charge in [0.05, 0.1) is 6.20 Å². The van der Waals surface area contributed by atoms with E-state index in [-0.39, 0.29) is 0 Å². The standard InChI is InChI=1S/C4HN6/c1-3-4(2-6-5-1)8-10-9-7-3/h1H. The first-order chi connectivity index (χ1) is 4.97. The zero-order valence-electron chi connectivity index (χ0n) is 4.76. The van der Waals surface area contributed by atoms with Crippen LogP contribution in [-0.2, 0) is 0 Å². The van der Waals surface area contributed by atoms with Crippen molar-refractivity contribution in [3.05, 3.63) is 12.4 Å². The van der Waals surface area contributed by atoms with Gasteiger partial charge in [-0.15, -0.1) is 15.3 Å². The smallest absolute Gasteiger partial charge is 0.147 e. The highest BCUT2D eigenvalue weighted by Gasteiger charge is 1.94. The molecule has 1 radical (unpaired) electrons. The molecule has 2 aromatic rings. The third kappa shape index (κ3) is 0.661. The van der Waals surface area contributed by atoms with Crippen LogP contribution in [-0.4, -0.2) is 30.8 Å². The van der Waals surface area contributed by atoms with E-state index >= 15 is 0 Å². The van der Waals surface area contributed by atoms with Gasteiger partial charge in [0.15, 0.2) is 0 Å². The van der Waals surface area contributed by atoms with Gasteiger partial charge < -0.3 is 0 Å². The van der Waals surface area contributed by atoms with Gasteiger partial charge in [0.25, 0.3) is 0 Å². The monoisotopic (exact) mass is 133 g/mol. The van der Waals surface area contributed by atoms with Crippen molar-refractivity contribution in [1.29, 1.82) is 0 Å². The van der Waals surface area contributed by atoms with E-state index in [1.54, 1.807) is 0 Å². The molecular weight excluding hydrogens is 132 g/mol. The van der Waals surface area contributed by atoms with E-state index in [2.05, 4.69) is 37.0 Å². The molecule has 0 aliphatic carbocycles. The maximum absolute atomic E-state index is 3.62. The predicted molar refractivity (Wildman–Crippen MR) is 29.6 cm³/mol. The van der Waals surface area contributed by atoms with Crippen LogP contribution in [0.15, 0.2) is 6.20 Å². The second kappa shape index (κ2) is 1.90. The van der Waals surface area contributed by atoms with E-state index in [9.17, 15) is 0 Å². The molecule has 2 rings (SSSR count). The van der Waals surface area contributed by atoms with Gasteiger partial charge in [-0.25, -0.2) is 0 Å². The van der Waals surface area contributed by atoms with Crippen LogP contribution in [0.5, 0.6) is 0 Å². The zero-order chi connectivity index (χ0) is 6.81. The van der Waals surface area contributed by atoms with Gasteiger partial charge in [-0.05, 0) is 10.4 Å². The number of fused-ring (bicyclic) bond motifs is 1. The summed E-state index contributed by atoms with van der Waals surface area (Å²) in [5, 5.41) is 20.8. The lowest BCUT2D eigenvalue weighted by molar-refractivity contribution is 0.790. The SMILES string of the molecule is [c]1nncc2nnnnc12. The third-order valence-electron chi connectivity index (χ3n) is 0.973. The van der Waals surface area contributed by atoms with Crippen molar-refractivity contribution in [2.24, 2.45) is 0 Å². The Hall–Kier alpha value is -1.72. The molecule has 0 atom stereocenters. The van der Waals surface area contributed by atoms with Crippen LogP contribution in [0.4, 0.5) is 0 Å². The molecule has 0 aliphatic heterocycles. The first-order valence-corrected chi connectivity index (χ1v) is 2.52. The first-order valence-electron chi connectivity index (χ1n) is 2.52. The Labute approximate surface area is 55.3 Å². The van der Waals surface area contributed by atoms with E-state index in [1.165, 1.54) is 6.20 Å². The molecule has 0 aliphatic rings. The van der Waals surface area contributed by atoms with Crippen LogP contribution in [0.2, 0.25) is 0 Å². The molecule has 0 spiro atoms. The molecule has 47 valence electrons. The Morgan fingerprint density at radius 2 is 2.10 bits per heavy atom. The fourth-order valence-electron chi connectivity index (χ4n) is 0.558. The Morgan fingerprint density at radius 1 is 1.20 bits per heavy atom. The molecular formula is C4HN6. The molecule has 2 heterocycles. The van der Waals surface area contributed by atoms with E-state index in [1.807, 2.05) is 0 Å². The molecule has 0 unspecified atom stereocenters. The van der Waals surface area contributed by atoms with Crippen molar-refractivity contribution in [1.82, 2.24) is 30.8 Å². The van der Waals surface area contributed by atoms with Gasteiger partial charge in [-0.2, -0.15) is 5.10 Å². The third-order valence-corrected chi connectivity index (χ3v) is 0.973. The second-order valence-corrected chi connectivity index (χ2v) is 1.57. The number of hydrogen-bond donors (Lipinski definition) is 0. The first kappa shape index (κ1) is 5.10. The Morgan fingerprint density at radius 3 is 3.00 bits per heavy atom. The molecule has 6 heteroatoms. The summed E-state index contributed by atoms with van der Waals surface area (Å²) < 4.78 is 0. The van der Waals surface area contributed by atoms with Gasteiger partial charge in [0.2, 0.25) is 0 Å². The van der Waals surface area contributed by atoms with Crippen molar-refractivity contribution in [2.75, 3.05) is 0 Å². The predicted octanol–water partition coefficient (Wildman–Crippen LogP) is -0.990. The lowest BCUT2D eigenvalue weighted by Gasteiger charge is -1.85. The van der Waals surface area contributed by atoms with E-state index < -0.39 is 0 Å². The van der Waals surface area contributed by atoms with Crippen LogP contribution in [0.1, 0.15) is 0 Å².